The monoisotopic (exact) mass is 317 g/mol. The molecule has 1 fully saturated rings. The van der Waals surface area contributed by atoms with Crippen LogP contribution in [0.15, 0.2) is 18.2 Å². The minimum Gasteiger partial charge on any atom is -0.486 e. The highest BCUT2D eigenvalue weighted by Gasteiger charge is 2.27. The zero-order chi connectivity index (χ0) is 14.5. The molecule has 0 unspecified atom stereocenters. The number of benzene rings is 1. The fourth-order valence-electron chi connectivity index (χ4n) is 2.29. The molecule has 1 N–H and O–H groups in total. The van der Waals surface area contributed by atoms with Crippen LogP contribution in [-0.2, 0) is 4.74 Å². The molecular weight excluding hydrogens is 297 g/mol. The smallest absolute Gasteiger partial charge is 0.139 e. The normalized spacial score (nSPS) is 20.4. The van der Waals surface area contributed by atoms with Gasteiger partial charge in [0.1, 0.15) is 16.9 Å². The molecule has 0 aliphatic carbocycles. The van der Waals surface area contributed by atoms with Crippen molar-refractivity contribution in [3.05, 3.63) is 28.2 Å². The number of nitrogens with one attached hydrogen (secondary N) is 1. The fourth-order valence-corrected chi connectivity index (χ4v) is 2.62. The maximum Gasteiger partial charge on any atom is 0.139 e. The van der Waals surface area contributed by atoms with E-state index in [-0.39, 0.29) is 12.2 Å². The fraction of sp³-hybridized carbons (Fsp3) is 0.600. The van der Waals surface area contributed by atoms with Gasteiger partial charge in [0.05, 0.1) is 17.7 Å². The zero-order valence-electron chi connectivity index (χ0n) is 11.9. The number of ether oxygens (including phenoxy) is 2. The van der Waals surface area contributed by atoms with Crippen LogP contribution in [-0.4, -0.2) is 31.9 Å². The third-order valence-corrected chi connectivity index (χ3v) is 4.21. The van der Waals surface area contributed by atoms with Crippen molar-refractivity contribution in [3.63, 3.8) is 0 Å². The number of hydrogen-bond donors (Lipinski definition) is 1. The Kier molecular flexibility index (Phi) is 5.97. The molecule has 0 saturated carbocycles. The Morgan fingerprint density at radius 2 is 2.15 bits per heavy atom. The highest BCUT2D eigenvalue weighted by Crippen LogP contribution is 2.33. The topological polar surface area (TPSA) is 30.5 Å². The molecule has 0 radical (unpaired) electrons. The number of halogens is 2. The first-order valence-electron chi connectivity index (χ1n) is 7.01. The van der Waals surface area contributed by atoms with Crippen LogP contribution in [0.3, 0.4) is 0 Å². The van der Waals surface area contributed by atoms with Gasteiger partial charge in [-0.15, -0.1) is 0 Å². The van der Waals surface area contributed by atoms with Gasteiger partial charge in [-0.05, 0) is 38.9 Å². The predicted octanol–water partition coefficient (Wildman–Crippen LogP) is 3.78. The van der Waals surface area contributed by atoms with Crippen molar-refractivity contribution in [2.45, 2.75) is 32.5 Å². The third-order valence-electron chi connectivity index (χ3n) is 3.41. The summed E-state index contributed by atoms with van der Waals surface area (Å²) in [6.07, 6.45) is 1.26. The first kappa shape index (κ1) is 15.9. The predicted molar refractivity (Wildman–Crippen MR) is 82.9 cm³/mol. The molecule has 2 atom stereocenters. The second-order valence-corrected chi connectivity index (χ2v) is 6.13. The molecule has 2 rings (SSSR count). The first-order valence-corrected chi connectivity index (χ1v) is 7.76. The molecule has 1 heterocycles. The third kappa shape index (κ3) is 4.26. The van der Waals surface area contributed by atoms with Gasteiger partial charge in [-0.2, -0.15) is 0 Å². The van der Waals surface area contributed by atoms with Gasteiger partial charge in [-0.25, -0.2) is 0 Å². The Hall–Kier alpha value is -0.480. The molecule has 112 valence electrons. The summed E-state index contributed by atoms with van der Waals surface area (Å²) in [5, 5.41) is 4.34. The van der Waals surface area contributed by atoms with Crippen molar-refractivity contribution >= 4 is 23.2 Å². The van der Waals surface area contributed by atoms with Crippen molar-refractivity contribution < 1.29 is 9.47 Å². The Balaban J connectivity index is 2.07. The van der Waals surface area contributed by atoms with Crippen LogP contribution in [0.4, 0.5) is 0 Å². The highest BCUT2D eigenvalue weighted by molar-refractivity contribution is 6.42. The van der Waals surface area contributed by atoms with E-state index in [4.69, 9.17) is 32.7 Å². The van der Waals surface area contributed by atoms with Crippen LogP contribution >= 0.6 is 23.2 Å². The van der Waals surface area contributed by atoms with E-state index in [9.17, 15) is 0 Å². The van der Waals surface area contributed by atoms with E-state index in [1.54, 1.807) is 6.07 Å². The molecule has 1 aliphatic heterocycles. The minimum absolute atomic E-state index is 0.0108. The van der Waals surface area contributed by atoms with E-state index >= 15 is 0 Å². The summed E-state index contributed by atoms with van der Waals surface area (Å²) in [5.74, 6) is 1.06. The van der Waals surface area contributed by atoms with Crippen LogP contribution in [0.1, 0.15) is 20.3 Å². The average Bonchev–Trinajstić information content (AvgIpc) is 2.93. The largest absolute Gasteiger partial charge is 0.486 e. The number of hydrogen-bond acceptors (Lipinski definition) is 3. The zero-order valence-corrected chi connectivity index (χ0v) is 13.4. The van der Waals surface area contributed by atoms with E-state index in [0.717, 1.165) is 19.5 Å². The first-order chi connectivity index (χ1) is 9.58. The highest BCUT2D eigenvalue weighted by atomic mass is 35.5. The molecule has 1 aromatic carbocycles. The maximum atomic E-state index is 6.19. The Labute approximate surface area is 130 Å². The van der Waals surface area contributed by atoms with E-state index < -0.39 is 0 Å². The van der Waals surface area contributed by atoms with Gasteiger partial charge in [0.25, 0.3) is 0 Å². The Bertz CT molecular complexity index is 434. The van der Waals surface area contributed by atoms with Crippen molar-refractivity contribution in [1.29, 1.82) is 0 Å². The SMILES string of the molecule is CC(C)OC[C@H](Oc1cccc(Cl)c1Cl)[C@H]1CCNC1. The van der Waals surface area contributed by atoms with Crippen molar-refractivity contribution in [2.75, 3.05) is 19.7 Å². The van der Waals surface area contributed by atoms with Gasteiger partial charge in [-0.1, -0.05) is 29.3 Å². The van der Waals surface area contributed by atoms with Gasteiger partial charge in [0.2, 0.25) is 0 Å². The van der Waals surface area contributed by atoms with Gasteiger partial charge in [0.15, 0.2) is 0 Å². The second kappa shape index (κ2) is 7.51. The lowest BCUT2D eigenvalue weighted by Crippen LogP contribution is -2.34. The second-order valence-electron chi connectivity index (χ2n) is 5.34. The van der Waals surface area contributed by atoms with Crippen LogP contribution < -0.4 is 10.1 Å². The molecular formula is C15H21Cl2NO2. The molecule has 0 aromatic heterocycles. The molecule has 0 amide bonds. The molecule has 3 nitrogen and oxygen atoms in total. The molecule has 5 heteroatoms. The molecule has 1 aliphatic rings. The van der Waals surface area contributed by atoms with E-state index in [1.807, 2.05) is 26.0 Å². The Morgan fingerprint density at radius 3 is 2.80 bits per heavy atom. The van der Waals surface area contributed by atoms with Crippen LogP contribution in [0.2, 0.25) is 10.0 Å². The summed E-state index contributed by atoms with van der Waals surface area (Å²) in [6.45, 7) is 6.58. The maximum absolute atomic E-state index is 6.19. The average molecular weight is 318 g/mol. The van der Waals surface area contributed by atoms with Crippen LogP contribution in [0, 0.1) is 5.92 Å². The van der Waals surface area contributed by atoms with Gasteiger partial charge < -0.3 is 14.8 Å². The lowest BCUT2D eigenvalue weighted by Gasteiger charge is -2.25. The van der Waals surface area contributed by atoms with Gasteiger partial charge in [-0.3, -0.25) is 0 Å². The summed E-state index contributed by atoms with van der Waals surface area (Å²) in [7, 11) is 0. The molecule has 0 bridgehead atoms. The lowest BCUT2D eigenvalue weighted by molar-refractivity contribution is -0.00362. The lowest BCUT2D eigenvalue weighted by atomic mass is 10.0. The van der Waals surface area contributed by atoms with Gasteiger partial charge >= 0.3 is 0 Å². The van der Waals surface area contributed by atoms with E-state index in [1.165, 1.54) is 0 Å². The van der Waals surface area contributed by atoms with Crippen LogP contribution in [0.5, 0.6) is 5.75 Å². The summed E-state index contributed by atoms with van der Waals surface area (Å²) >= 11 is 12.2. The van der Waals surface area contributed by atoms with E-state index in [2.05, 4.69) is 5.32 Å². The van der Waals surface area contributed by atoms with Crippen LogP contribution in [0.25, 0.3) is 0 Å². The molecule has 0 spiro atoms. The number of rotatable bonds is 6. The van der Waals surface area contributed by atoms with Crippen molar-refractivity contribution in [2.24, 2.45) is 5.92 Å². The standard InChI is InChI=1S/C15H21Cl2NO2/c1-10(2)19-9-14(11-6-7-18-8-11)20-13-5-3-4-12(16)15(13)17/h3-5,10-11,14,18H,6-9H2,1-2H3/t11-,14-/m0/s1. The quantitative estimate of drug-likeness (QED) is 0.866. The Morgan fingerprint density at radius 1 is 1.35 bits per heavy atom. The summed E-state index contributed by atoms with van der Waals surface area (Å²) in [6, 6.07) is 5.45. The van der Waals surface area contributed by atoms with E-state index in [0.29, 0.717) is 28.3 Å². The summed E-state index contributed by atoms with van der Waals surface area (Å²) in [4.78, 5) is 0. The molecule has 20 heavy (non-hydrogen) atoms. The minimum atomic E-state index is -0.0108. The summed E-state index contributed by atoms with van der Waals surface area (Å²) < 4.78 is 11.8. The van der Waals surface area contributed by atoms with Gasteiger partial charge in [0, 0.05) is 12.5 Å². The summed E-state index contributed by atoms with van der Waals surface area (Å²) in [5.41, 5.74) is 0. The molecule has 1 aromatic rings. The van der Waals surface area contributed by atoms with Crippen molar-refractivity contribution in [1.82, 2.24) is 5.32 Å². The molecule has 1 saturated heterocycles. The van der Waals surface area contributed by atoms with Crippen molar-refractivity contribution in [3.8, 4) is 5.75 Å².